The van der Waals surface area contributed by atoms with Gasteiger partial charge in [0.15, 0.2) is 11.5 Å². The maximum Gasteiger partial charge on any atom is 0.243 e. The number of rotatable bonds is 7. The standard InChI is InChI=1S/C24H31N3O4/c1-24(2,3)23(29)27-13-5-6-19(27)22(28)26-15-18-7-8-20(21(14-18)30-4)31-16-17-9-11-25-12-10-17/h7-12,14,19H,5-6,13,15-16H2,1-4H3,(H,26,28). The van der Waals surface area contributed by atoms with E-state index in [2.05, 4.69) is 10.3 Å². The van der Waals surface area contributed by atoms with E-state index in [1.54, 1.807) is 24.4 Å². The first-order valence-corrected chi connectivity index (χ1v) is 10.6. The van der Waals surface area contributed by atoms with Gasteiger partial charge in [-0.15, -0.1) is 0 Å². The van der Waals surface area contributed by atoms with Crippen LogP contribution in [-0.2, 0) is 22.7 Å². The first-order chi connectivity index (χ1) is 14.8. The highest BCUT2D eigenvalue weighted by Crippen LogP contribution is 2.29. The van der Waals surface area contributed by atoms with E-state index in [-0.39, 0.29) is 11.8 Å². The van der Waals surface area contributed by atoms with E-state index in [9.17, 15) is 9.59 Å². The fourth-order valence-corrected chi connectivity index (χ4v) is 3.60. The normalized spacial score (nSPS) is 16.1. The van der Waals surface area contributed by atoms with Crippen LogP contribution >= 0.6 is 0 Å². The SMILES string of the molecule is COc1cc(CNC(=O)C2CCCN2C(=O)C(C)(C)C)ccc1OCc1ccncc1. The first-order valence-electron chi connectivity index (χ1n) is 10.6. The molecule has 3 rings (SSSR count). The van der Waals surface area contributed by atoms with Crippen molar-refractivity contribution in [3.63, 3.8) is 0 Å². The van der Waals surface area contributed by atoms with Gasteiger partial charge < -0.3 is 19.7 Å². The Labute approximate surface area is 183 Å². The molecule has 0 bridgehead atoms. The summed E-state index contributed by atoms with van der Waals surface area (Å²) in [6.45, 7) is 7.04. The van der Waals surface area contributed by atoms with Gasteiger partial charge in [-0.05, 0) is 48.2 Å². The van der Waals surface area contributed by atoms with Gasteiger partial charge in [0.2, 0.25) is 11.8 Å². The van der Waals surface area contributed by atoms with E-state index in [0.717, 1.165) is 17.5 Å². The lowest BCUT2D eigenvalue weighted by atomic mass is 9.94. The highest BCUT2D eigenvalue weighted by atomic mass is 16.5. The number of ether oxygens (including phenoxy) is 2. The lowest BCUT2D eigenvalue weighted by Gasteiger charge is -2.30. The summed E-state index contributed by atoms with van der Waals surface area (Å²) in [4.78, 5) is 31.1. The number of nitrogens with one attached hydrogen (secondary N) is 1. The number of methoxy groups -OCH3 is 1. The highest BCUT2D eigenvalue weighted by molar-refractivity contribution is 5.90. The van der Waals surface area contributed by atoms with Crippen molar-refractivity contribution in [1.82, 2.24) is 15.2 Å². The van der Waals surface area contributed by atoms with E-state index in [0.29, 0.717) is 37.6 Å². The molecule has 1 atom stereocenters. The van der Waals surface area contributed by atoms with Crippen LogP contribution in [-0.4, -0.2) is 41.4 Å². The second-order valence-electron chi connectivity index (χ2n) is 8.75. The molecule has 7 heteroatoms. The van der Waals surface area contributed by atoms with Crippen LogP contribution in [0.1, 0.15) is 44.7 Å². The molecule has 1 aliphatic heterocycles. The monoisotopic (exact) mass is 425 g/mol. The third kappa shape index (κ3) is 5.75. The lowest BCUT2D eigenvalue weighted by molar-refractivity contribution is -0.144. The number of pyridine rings is 1. The second-order valence-corrected chi connectivity index (χ2v) is 8.75. The molecule has 2 amide bonds. The van der Waals surface area contributed by atoms with Crippen molar-refractivity contribution >= 4 is 11.8 Å². The molecule has 166 valence electrons. The minimum absolute atomic E-state index is 0.0162. The molecule has 2 aromatic rings. The van der Waals surface area contributed by atoms with Crippen LogP contribution in [0, 0.1) is 5.41 Å². The number of nitrogens with zero attached hydrogens (tertiary/aromatic N) is 2. The van der Waals surface area contributed by atoms with Crippen LogP contribution < -0.4 is 14.8 Å². The van der Waals surface area contributed by atoms with Crippen LogP contribution in [0.25, 0.3) is 0 Å². The zero-order chi connectivity index (χ0) is 22.4. The summed E-state index contributed by atoms with van der Waals surface area (Å²) in [5, 5.41) is 2.97. The Hall–Kier alpha value is -3.09. The smallest absolute Gasteiger partial charge is 0.243 e. The summed E-state index contributed by atoms with van der Waals surface area (Å²) in [6.07, 6.45) is 4.99. The van der Waals surface area contributed by atoms with E-state index in [4.69, 9.17) is 9.47 Å². The molecule has 7 nitrogen and oxygen atoms in total. The van der Waals surface area contributed by atoms with Crippen LogP contribution in [0.15, 0.2) is 42.7 Å². The van der Waals surface area contributed by atoms with Crippen molar-refractivity contribution in [2.75, 3.05) is 13.7 Å². The second kappa shape index (κ2) is 9.81. The molecule has 0 aliphatic carbocycles. The van der Waals surface area contributed by atoms with Crippen molar-refractivity contribution in [2.24, 2.45) is 5.41 Å². The van der Waals surface area contributed by atoms with Crippen molar-refractivity contribution in [2.45, 2.75) is 52.8 Å². The van der Waals surface area contributed by atoms with Crippen LogP contribution in [0.3, 0.4) is 0 Å². The van der Waals surface area contributed by atoms with Crippen molar-refractivity contribution < 1.29 is 19.1 Å². The third-order valence-electron chi connectivity index (χ3n) is 5.30. The van der Waals surface area contributed by atoms with Crippen molar-refractivity contribution in [3.8, 4) is 11.5 Å². The molecule has 1 unspecified atom stereocenters. The fourth-order valence-electron chi connectivity index (χ4n) is 3.60. The topological polar surface area (TPSA) is 80.8 Å². The molecule has 1 fully saturated rings. The van der Waals surface area contributed by atoms with Crippen molar-refractivity contribution in [3.05, 3.63) is 53.9 Å². The summed E-state index contributed by atoms with van der Waals surface area (Å²) in [6, 6.07) is 8.98. The zero-order valence-corrected chi connectivity index (χ0v) is 18.7. The third-order valence-corrected chi connectivity index (χ3v) is 5.30. The maximum atomic E-state index is 12.8. The summed E-state index contributed by atoms with van der Waals surface area (Å²) < 4.78 is 11.3. The Morgan fingerprint density at radius 1 is 1.13 bits per heavy atom. The van der Waals surface area contributed by atoms with Crippen LogP contribution in [0.5, 0.6) is 11.5 Å². The van der Waals surface area contributed by atoms with Gasteiger partial charge in [0.25, 0.3) is 0 Å². The molecular weight excluding hydrogens is 394 g/mol. The van der Waals surface area contributed by atoms with Gasteiger partial charge in [-0.3, -0.25) is 14.6 Å². The Morgan fingerprint density at radius 3 is 2.55 bits per heavy atom. The predicted octanol–water partition coefficient (Wildman–Crippen LogP) is 3.32. The van der Waals surface area contributed by atoms with Crippen LogP contribution in [0.4, 0.5) is 0 Å². The Morgan fingerprint density at radius 2 is 1.87 bits per heavy atom. The zero-order valence-electron chi connectivity index (χ0n) is 18.7. The summed E-state index contributed by atoms with van der Waals surface area (Å²) in [5.74, 6) is 1.13. The largest absolute Gasteiger partial charge is 0.493 e. The Bertz CT molecular complexity index is 909. The van der Waals surface area contributed by atoms with E-state index in [1.807, 2.05) is 51.1 Å². The van der Waals surface area contributed by atoms with Gasteiger partial charge >= 0.3 is 0 Å². The summed E-state index contributed by atoms with van der Waals surface area (Å²) >= 11 is 0. The molecule has 0 radical (unpaired) electrons. The van der Waals surface area contributed by atoms with Gasteiger partial charge in [0.05, 0.1) is 7.11 Å². The van der Waals surface area contributed by atoms with Crippen LogP contribution in [0.2, 0.25) is 0 Å². The van der Waals surface area contributed by atoms with Gasteiger partial charge in [0, 0.05) is 30.9 Å². The number of amides is 2. The molecule has 0 saturated carbocycles. The summed E-state index contributed by atoms with van der Waals surface area (Å²) in [5.41, 5.74) is 1.41. The quantitative estimate of drug-likeness (QED) is 0.736. The number of hydrogen-bond donors (Lipinski definition) is 1. The molecule has 1 aliphatic rings. The van der Waals surface area contributed by atoms with E-state index in [1.165, 1.54) is 0 Å². The minimum atomic E-state index is -0.498. The molecule has 1 saturated heterocycles. The first kappa shape index (κ1) is 22.6. The Balaban J connectivity index is 1.59. The summed E-state index contributed by atoms with van der Waals surface area (Å²) in [7, 11) is 1.59. The number of carbonyl (C=O) groups excluding carboxylic acids is 2. The number of hydrogen-bond acceptors (Lipinski definition) is 5. The van der Waals surface area contributed by atoms with Crippen molar-refractivity contribution in [1.29, 1.82) is 0 Å². The average molecular weight is 426 g/mol. The van der Waals surface area contributed by atoms with Gasteiger partial charge in [-0.1, -0.05) is 26.8 Å². The fraction of sp³-hybridized carbons (Fsp3) is 0.458. The van der Waals surface area contributed by atoms with Gasteiger partial charge in [-0.25, -0.2) is 0 Å². The minimum Gasteiger partial charge on any atom is -0.493 e. The van der Waals surface area contributed by atoms with E-state index >= 15 is 0 Å². The molecular formula is C24H31N3O4. The highest BCUT2D eigenvalue weighted by Gasteiger charge is 2.38. The molecule has 1 aromatic heterocycles. The predicted molar refractivity (Wildman–Crippen MR) is 118 cm³/mol. The number of aromatic nitrogens is 1. The molecule has 1 N–H and O–H groups in total. The molecule has 2 heterocycles. The number of carbonyl (C=O) groups is 2. The van der Waals surface area contributed by atoms with Gasteiger partial charge in [0.1, 0.15) is 12.6 Å². The molecule has 31 heavy (non-hydrogen) atoms. The molecule has 1 aromatic carbocycles. The Kier molecular flexibility index (Phi) is 7.15. The lowest BCUT2D eigenvalue weighted by Crippen LogP contribution is -2.49. The average Bonchev–Trinajstić information content (AvgIpc) is 3.25. The molecule has 0 spiro atoms. The number of benzene rings is 1. The van der Waals surface area contributed by atoms with Gasteiger partial charge in [-0.2, -0.15) is 0 Å². The maximum absolute atomic E-state index is 12.8. The van der Waals surface area contributed by atoms with E-state index < -0.39 is 11.5 Å². The number of likely N-dealkylation sites (tertiary alicyclic amines) is 1.